The first-order chi connectivity index (χ1) is 7.92. The molecule has 3 N–H and O–H groups in total. The Hall–Kier alpha value is -1.55. The highest BCUT2D eigenvalue weighted by Gasteiger charge is 2.13. The average molecular weight is 216 g/mol. The number of benzene rings is 1. The van der Waals surface area contributed by atoms with Crippen LogP contribution in [0.15, 0.2) is 24.3 Å². The minimum absolute atomic E-state index is 0.495. The van der Waals surface area contributed by atoms with E-state index in [0.717, 1.165) is 30.1 Å². The fraction of sp³-hybridized carbons (Fsp3) is 0.417. The first-order valence-corrected chi connectivity index (χ1v) is 5.84. The number of anilines is 1. The Morgan fingerprint density at radius 3 is 3.06 bits per heavy atom. The van der Waals surface area contributed by atoms with Gasteiger partial charge in [0.15, 0.2) is 0 Å². The minimum Gasteiger partial charge on any atom is -0.352 e. The molecule has 84 valence electrons. The summed E-state index contributed by atoms with van der Waals surface area (Å²) in [6.07, 6.45) is 2.45. The van der Waals surface area contributed by atoms with E-state index in [1.165, 1.54) is 12.8 Å². The Morgan fingerprint density at radius 1 is 1.31 bits per heavy atom. The second-order valence-electron chi connectivity index (χ2n) is 4.29. The van der Waals surface area contributed by atoms with Crippen LogP contribution in [0.4, 0.5) is 5.95 Å². The zero-order valence-corrected chi connectivity index (χ0v) is 9.16. The van der Waals surface area contributed by atoms with Crippen molar-refractivity contribution in [2.45, 2.75) is 18.9 Å². The van der Waals surface area contributed by atoms with Gasteiger partial charge >= 0.3 is 0 Å². The van der Waals surface area contributed by atoms with Gasteiger partial charge in [-0.25, -0.2) is 4.98 Å². The largest absolute Gasteiger partial charge is 0.352 e. The summed E-state index contributed by atoms with van der Waals surface area (Å²) in [5, 5.41) is 6.83. The highest BCUT2D eigenvalue weighted by Crippen LogP contribution is 2.15. The monoisotopic (exact) mass is 216 g/mol. The molecular weight excluding hydrogens is 200 g/mol. The number of nitrogens with zero attached hydrogens (tertiary/aromatic N) is 1. The maximum absolute atomic E-state index is 4.51. The molecule has 0 saturated carbocycles. The average Bonchev–Trinajstić information content (AvgIpc) is 2.72. The van der Waals surface area contributed by atoms with E-state index in [9.17, 15) is 0 Å². The van der Waals surface area contributed by atoms with Gasteiger partial charge in [-0.15, -0.1) is 0 Å². The van der Waals surface area contributed by atoms with Gasteiger partial charge in [-0.05, 0) is 31.5 Å². The van der Waals surface area contributed by atoms with Crippen LogP contribution in [0, 0.1) is 0 Å². The van der Waals surface area contributed by atoms with Crippen LogP contribution in [0.1, 0.15) is 12.8 Å². The molecule has 4 nitrogen and oxygen atoms in total. The van der Waals surface area contributed by atoms with Crippen molar-refractivity contribution in [2.24, 2.45) is 0 Å². The van der Waals surface area contributed by atoms with Crippen molar-refractivity contribution in [1.29, 1.82) is 0 Å². The van der Waals surface area contributed by atoms with E-state index in [2.05, 4.69) is 20.6 Å². The molecule has 2 heterocycles. The van der Waals surface area contributed by atoms with Crippen molar-refractivity contribution in [2.75, 3.05) is 18.4 Å². The molecule has 3 rings (SSSR count). The van der Waals surface area contributed by atoms with E-state index >= 15 is 0 Å². The smallest absolute Gasteiger partial charge is 0.201 e. The number of nitrogens with one attached hydrogen (secondary N) is 3. The highest BCUT2D eigenvalue weighted by atomic mass is 15.1. The van der Waals surface area contributed by atoms with Gasteiger partial charge in [0.25, 0.3) is 0 Å². The third-order valence-electron chi connectivity index (χ3n) is 3.03. The van der Waals surface area contributed by atoms with E-state index in [1.807, 2.05) is 24.3 Å². The molecule has 16 heavy (non-hydrogen) atoms. The van der Waals surface area contributed by atoms with E-state index in [1.54, 1.807) is 0 Å². The lowest BCUT2D eigenvalue weighted by Gasteiger charge is -2.23. The Labute approximate surface area is 94.5 Å². The molecule has 1 fully saturated rings. The molecule has 1 saturated heterocycles. The zero-order chi connectivity index (χ0) is 10.8. The summed E-state index contributed by atoms with van der Waals surface area (Å²) in [6.45, 7) is 2.16. The van der Waals surface area contributed by atoms with Crippen molar-refractivity contribution in [3.8, 4) is 0 Å². The molecule has 1 aliphatic rings. The zero-order valence-electron chi connectivity index (χ0n) is 9.16. The van der Waals surface area contributed by atoms with Gasteiger partial charge in [0, 0.05) is 12.6 Å². The number of para-hydroxylation sites is 2. The summed E-state index contributed by atoms with van der Waals surface area (Å²) in [5.41, 5.74) is 2.11. The predicted octanol–water partition coefficient (Wildman–Crippen LogP) is 1.73. The fourth-order valence-electron chi connectivity index (χ4n) is 2.19. The van der Waals surface area contributed by atoms with Crippen molar-refractivity contribution < 1.29 is 0 Å². The van der Waals surface area contributed by atoms with E-state index < -0.39 is 0 Å². The summed E-state index contributed by atoms with van der Waals surface area (Å²) < 4.78 is 0. The molecular formula is C12H16N4. The number of imidazole rings is 1. The van der Waals surface area contributed by atoms with Crippen LogP contribution in [0.5, 0.6) is 0 Å². The molecule has 0 bridgehead atoms. The molecule has 1 aliphatic heterocycles. The van der Waals surface area contributed by atoms with Crippen LogP contribution in [-0.4, -0.2) is 29.1 Å². The number of hydrogen-bond donors (Lipinski definition) is 3. The van der Waals surface area contributed by atoms with Crippen LogP contribution in [-0.2, 0) is 0 Å². The molecule has 2 aromatic rings. The van der Waals surface area contributed by atoms with Gasteiger partial charge in [0.1, 0.15) is 0 Å². The number of aromatic nitrogens is 2. The molecule has 1 atom stereocenters. The third-order valence-corrected chi connectivity index (χ3v) is 3.03. The van der Waals surface area contributed by atoms with E-state index in [-0.39, 0.29) is 0 Å². The van der Waals surface area contributed by atoms with Crippen molar-refractivity contribution in [1.82, 2.24) is 15.3 Å². The Morgan fingerprint density at radius 2 is 2.25 bits per heavy atom. The standard InChI is InChI=1S/C12H16N4/c1-2-6-11-10(5-1)15-12(16-11)14-9-4-3-7-13-8-9/h1-2,5-6,9,13H,3-4,7-8H2,(H2,14,15,16)/t9-/m0/s1. The van der Waals surface area contributed by atoms with Crippen LogP contribution in [0.3, 0.4) is 0 Å². The molecule has 1 aromatic heterocycles. The molecule has 0 unspecified atom stereocenters. The number of fused-ring (bicyclic) bond motifs is 1. The quantitative estimate of drug-likeness (QED) is 0.716. The topological polar surface area (TPSA) is 52.7 Å². The molecule has 0 radical (unpaired) electrons. The number of piperidine rings is 1. The first-order valence-electron chi connectivity index (χ1n) is 5.84. The van der Waals surface area contributed by atoms with Crippen molar-refractivity contribution in [3.05, 3.63) is 24.3 Å². The summed E-state index contributed by atoms with van der Waals surface area (Å²) in [6, 6.07) is 8.60. The summed E-state index contributed by atoms with van der Waals surface area (Å²) in [7, 11) is 0. The first kappa shape index (κ1) is 9.66. The fourth-order valence-corrected chi connectivity index (χ4v) is 2.19. The molecule has 0 aliphatic carbocycles. The Kier molecular flexibility index (Phi) is 2.50. The van der Waals surface area contributed by atoms with E-state index in [4.69, 9.17) is 0 Å². The van der Waals surface area contributed by atoms with Gasteiger partial charge in [-0.1, -0.05) is 12.1 Å². The lowest BCUT2D eigenvalue weighted by Crippen LogP contribution is -2.38. The number of H-pyrrole nitrogens is 1. The third kappa shape index (κ3) is 1.88. The lowest BCUT2D eigenvalue weighted by atomic mass is 10.1. The van der Waals surface area contributed by atoms with Gasteiger partial charge in [-0.2, -0.15) is 0 Å². The summed E-state index contributed by atoms with van der Waals surface area (Å²) in [5.74, 6) is 0.884. The van der Waals surface area contributed by atoms with Crippen molar-refractivity contribution in [3.63, 3.8) is 0 Å². The van der Waals surface area contributed by atoms with Crippen molar-refractivity contribution >= 4 is 17.0 Å². The maximum Gasteiger partial charge on any atom is 0.201 e. The minimum atomic E-state index is 0.495. The van der Waals surface area contributed by atoms with Gasteiger partial charge in [0.05, 0.1) is 11.0 Å². The summed E-state index contributed by atoms with van der Waals surface area (Å²) in [4.78, 5) is 7.81. The normalized spacial score (nSPS) is 21.1. The van der Waals surface area contributed by atoms with Gasteiger partial charge in [-0.3, -0.25) is 0 Å². The Bertz CT molecular complexity index is 438. The van der Waals surface area contributed by atoms with Crippen LogP contribution < -0.4 is 10.6 Å². The SMILES string of the molecule is c1ccc2[nH]c(N[C@H]3CCCNC3)nc2c1. The maximum atomic E-state index is 4.51. The highest BCUT2D eigenvalue weighted by molar-refractivity contribution is 5.77. The van der Waals surface area contributed by atoms with Gasteiger partial charge < -0.3 is 15.6 Å². The predicted molar refractivity (Wildman–Crippen MR) is 65.6 cm³/mol. The van der Waals surface area contributed by atoms with Crippen LogP contribution in [0.25, 0.3) is 11.0 Å². The van der Waals surface area contributed by atoms with E-state index in [0.29, 0.717) is 6.04 Å². The molecule has 1 aromatic carbocycles. The number of aromatic amines is 1. The number of hydrogen-bond acceptors (Lipinski definition) is 3. The second kappa shape index (κ2) is 4.14. The van der Waals surface area contributed by atoms with Crippen LogP contribution >= 0.6 is 0 Å². The summed E-state index contributed by atoms with van der Waals surface area (Å²) >= 11 is 0. The number of rotatable bonds is 2. The Balaban J connectivity index is 1.78. The molecule has 0 amide bonds. The van der Waals surface area contributed by atoms with Crippen LogP contribution in [0.2, 0.25) is 0 Å². The lowest BCUT2D eigenvalue weighted by molar-refractivity contribution is 0.478. The second-order valence-corrected chi connectivity index (χ2v) is 4.29. The molecule has 0 spiro atoms. The van der Waals surface area contributed by atoms with Gasteiger partial charge in [0.2, 0.25) is 5.95 Å². The molecule has 4 heteroatoms.